The summed E-state index contributed by atoms with van der Waals surface area (Å²) in [5.74, 6) is 1.21. The minimum Gasteiger partial charge on any atom is -0.493 e. The van der Waals surface area contributed by atoms with Crippen molar-refractivity contribution in [1.82, 2.24) is 4.57 Å². The molecule has 0 bridgehead atoms. The first-order chi connectivity index (χ1) is 18.5. The Morgan fingerprint density at radius 2 is 1.66 bits per heavy atom. The second kappa shape index (κ2) is 10.9. The fourth-order valence-electron chi connectivity index (χ4n) is 4.80. The molecule has 0 N–H and O–H groups in total. The molecule has 38 heavy (non-hydrogen) atoms. The zero-order chi connectivity index (χ0) is 26.6. The van der Waals surface area contributed by atoms with Gasteiger partial charge in [0, 0.05) is 34.4 Å². The van der Waals surface area contributed by atoms with Crippen LogP contribution in [-0.2, 0) is 11.3 Å². The fraction of sp³-hybridized carbons (Fsp3) is 0.182. The maximum Gasteiger partial charge on any atom is 0.339 e. The molecule has 192 valence electrons. The molecule has 5 nitrogen and oxygen atoms in total. The molecule has 0 fully saturated rings. The standard InChI is InChI=1S/C33H31NO4/c1-5-37-33(35)29-20-27(34(23(29)3)21-24-12-8-6-9-13-24)17-16-25-18-28-22(2)31(26-14-10-7-11-15-26)38-32(28)30(19-25)36-4/h6-20H,5,21H2,1-4H3/b17-16+. The highest BCUT2D eigenvalue weighted by atomic mass is 16.5. The van der Waals surface area contributed by atoms with Gasteiger partial charge in [-0.15, -0.1) is 0 Å². The number of hydrogen-bond donors (Lipinski definition) is 0. The van der Waals surface area contributed by atoms with Gasteiger partial charge in [-0.3, -0.25) is 0 Å². The van der Waals surface area contributed by atoms with Crippen LogP contribution in [0.5, 0.6) is 5.75 Å². The van der Waals surface area contributed by atoms with E-state index in [1.165, 1.54) is 0 Å². The summed E-state index contributed by atoms with van der Waals surface area (Å²) < 4.78 is 19.4. The molecule has 0 aliphatic rings. The number of esters is 1. The van der Waals surface area contributed by atoms with Crippen molar-refractivity contribution in [2.45, 2.75) is 27.3 Å². The van der Waals surface area contributed by atoms with E-state index >= 15 is 0 Å². The lowest BCUT2D eigenvalue weighted by atomic mass is 10.0. The quantitative estimate of drug-likeness (QED) is 0.201. The molecule has 0 saturated carbocycles. The number of benzene rings is 3. The Morgan fingerprint density at radius 1 is 0.947 bits per heavy atom. The van der Waals surface area contributed by atoms with Crippen LogP contribution >= 0.6 is 0 Å². The molecule has 0 aliphatic carbocycles. The molecule has 0 saturated heterocycles. The number of fused-ring (bicyclic) bond motifs is 1. The third-order valence-electron chi connectivity index (χ3n) is 6.81. The summed E-state index contributed by atoms with van der Waals surface area (Å²) in [6, 6.07) is 26.3. The number of ether oxygens (including phenoxy) is 2. The van der Waals surface area contributed by atoms with Crippen LogP contribution in [0.25, 0.3) is 34.4 Å². The van der Waals surface area contributed by atoms with Gasteiger partial charge in [-0.25, -0.2) is 4.79 Å². The Labute approximate surface area is 222 Å². The molecule has 5 rings (SSSR count). The second-order valence-corrected chi connectivity index (χ2v) is 9.22. The van der Waals surface area contributed by atoms with Gasteiger partial charge in [0.25, 0.3) is 0 Å². The number of carbonyl (C=O) groups is 1. The van der Waals surface area contributed by atoms with E-state index in [0.29, 0.717) is 24.5 Å². The van der Waals surface area contributed by atoms with Gasteiger partial charge >= 0.3 is 5.97 Å². The number of furan rings is 1. The van der Waals surface area contributed by atoms with Gasteiger partial charge in [-0.05, 0) is 56.2 Å². The minimum atomic E-state index is -0.308. The van der Waals surface area contributed by atoms with Gasteiger partial charge in [0.1, 0.15) is 5.76 Å². The molecule has 3 aromatic carbocycles. The van der Waals surface area contributed by atoms with Crippen molar-refractivity contribution in [2.75, 3.05) is 13.7 Å². The van der Waals surface area contributed by atoms with Crippen LogP contribution in [0.4, 0.5) is 0 Å². The second-order valence-electron chi connectivity index (χ2n) is 9.22. The van der Waals surface area contributed by atoms with Crippen LogP contribution in [0.15, 0.2) is 83.3 Å². The fourth-order valence-corrected chi connectivity index (χ4v) is 4.80. The highest BCUT2D eigenvalue weighted by molar-refractivity contribution is 5.94. The third kappa shape index (κ3) is 4.88. The number of rotatable bonds is 8. The van der Waals surface area contributed by atoms with Crippen molar-refractivity contribution in [3.05, 3.63) is 113 Å². The molecule has 0 spiro atoms. The van der Waals surface area contributed by atoms with Crippen molar-refractivity contribution >= 4 is 29.1 Å². The molecule has 2 heterocycles. The van der Waals surface area contributed by atoms with Gasteiger partial charge in [0.2, 0.25) is 0 Å². The maximum absolute atomic E-state index is 12.7. The topological polar surface area (TPSA) is 53.6 Å². The lowest BCUT2D eigenvalue weighted by Gasteiger charge is -2.10. The first kappa shape index (κ1) is 25.2. The summed E-state index contributed by atoms with van der Waals surface area (Å²) in [6.45, 7) is 6.83. The summed E-state index contributed by atoms with van der Waals surface area (Å²) in [7, 11) is 1.66. The average Bonchev–Trinajstić information content (AvgIpc) is 3.44. The number of methoxy groups -OCH3 is 1. The first-order valence-corrected chi connectivity index (χ1v) is 12.8. The lowest BCUT2D eigenvalue weighted by Crippen LogP contribution is -2.08. The van der Waals surface area contributed by atoms with E-state index in [9.17, 15) is 4.79 Å². The number of nitrogens with zero attached hydrogens (tertiary/aromatic N) is 1. The van der Waals surface area contributed by atoms with E-state index in [1.807, 2.05) is 86.7 Å². The van der Waals surface area contributed by atoms with Gasteiger partial charge in [0.05, 0.1) is 19.3 Å². The van der Waals surface area contributed by atoms with Crippen LogP contribution in [0.2, 0.25) is 0 Å². The Hall–Kier alpha value is -4.51. The molecule has 5 heteroatoms. The molecule has 2 aromatic heterocycles. The van der Waals surface area contributed by atoms with Gasteiger partial charge in [0.15, 0.2) is 11.3 Å². The van der Waals surface area contributed by atoms with Crippen LogP contribution in [0.3, 0.4) is 0 Å². The molecule has 0 radical (unpaired) electrons. The Bertz CT molecular complexity index is 1610. The minimum absolute atomic E-state index is 0.308. The predicted octanol–water partition coefficient (Wildman–Crippen LogP) is 7.92. The Morgan fingerprint density at radius 3 is 2.34 bits per heavy atom. The van der Waals surface area contributed by atoms with E-state index in [2.05, 4.69) is 29.7 Å². The Kier molecular flexibility index (Phi) is 7.18. The van der Waals surface area contributed by atoms with E-state index in [4.69, 9.17) is 13.9 Å². The van der Waals surface area contributed by atoms with Crippen LogP contribution in [-0.4, -0.2) is 24.3 Å². The van der Waals surface area contributed by atoms with Crippen molar-refractivity contribution < 1.29 is 18.7 Å². The van der Waals surface area contributed by atoms with E-state index in [-0.39, 0.29) is 5.97 Å². The zero-order valence-corrected chi connectivity index (χ0v) is 22.2. The van der Waals surface area contributed by atoms with Crippen molar-refractivity contribution in [2.24, 2.45) is 0 Å². The summed E-state index contributed by atoms with van der Waals surface area (Å²) in [5.41, 5.74) is 7.32. The van der Waals surface area contributed by atoms with Crippen LogP contribution in [0.1, 0.15) is 45.4 Å². The predicted molar refractivity (Wildman–Crippen MR) is 153 cm³/mol. The number of hydrogen-bond acceptors (Lipinski definition) is 4. The lowest BCUT2D eigenvalue weighted by molar-refractivity contribution is 0.0525. The smallest absolute Gasteiger partial charge is 0.339 e. The van der Waals surface area contributed by atoms with E-state index < -0.39 is 0 Å². The van der Waals surface area contributed by atoms with Gasteiger partial charge < -0.3 is 18.5 Å². The average molecular weight is 506 g/mol. The van der Waals surface area contributed by atoms with Crippen molar-refractivity contribution in [3.8, 4) is 17.1 Å². The van der Waals surface area contributed by atoms with Gasteiger partial charge in [-0.2, -0.15) is 0 Å². The molecule has 5 aromatic rings. The van der Waals surface area contributed by atoms with Crippen molar-refractivity contribution in [1.29, 1.82) is 0 Å². The van der Waals surface area contributed by atoms with Gasteiger partial charge in [-0.1, -0.05) is 66.7 Å². The van der Waals surface area contributed by atoms with E-state index in [0.717, 1.165) is 50.4 Å². The largest absolute Gasteiger partial charge is 0.493 e. The third-order valence-corrected chi connectivity index (χ3v) is 6.81. The zero-order valence-electron chi connectivity index (χ0n) is 22.2. The SMILES string of the molecule is CCOC(=O)c1cc(/C=C/c2cc(OC)c3oc(-c4ccccc4)c(C)c3c2)n(Cc2ccccc2)c1C. The Balaban J connectivity index is 1.56. The molecular weight excluding hydrogens is 474 g/mol. The molecular formula is C33H31NO4. The van der Waals surface area contributed by atoms with Crippen LogP contribution in [0, 0.1) is 13.8 Å². The van der Waals surface area contributed by atoms with Crippen LogP contribution < -0.4 is 4.74 Å². The molecule has 0 amide bonds. The number of aryl methyl sites for hydroxylation is 1. The highest BCUT2D eigenvalue weighted by Gasteiger charge is 2.19. The van der Waals surface area contributed by atoms with Crippen molar-refractivity contribution in [3.63, 3.8) is 0 Å². The first-order valence-electron chi connectivity index (χ1n) is 12.8. The maximum atomic E-state index is 12.7. The monoisotopic (exact) mass is 505 g/mol. The van der Waals surface area contributed by atoms with E-state index in [1.54, 1.807) is 7.11 Å². The summed E-state index contributed by atoms with van der Waals surface area (Å²) in [6.07, 6.45) is 4.08. The number of carbonyl (C=O) groups excluding carboxylic acids is 1. The summed E-state index contributed by atoms with van der Waals surface area (Å²) in [4.78, 5) is 12.7. The molecule has 0 aliphatic heterocycles. The highest BCUT2D eigenvalue weighted by Crippen LogP contribution is 2.38. The summed E-state index contributed by atoms with van der Waals surface area (Å²) in [5, 5.41) is 1.01. The number of aromatic nitrogens is 1. The molecule has 0 unspecified atom stereocenters. The normalized spacial score (nSPS) is 11.4. The summed E-state index contributed by atoms with van der Waals surface area (Å²) >= 11 is 0. The molecule has 0 atom stereocenters.